The van der Waals surface area contributed by atoms with E-state index in [9.17, 15) is 9.35 Å². The predicted molar refractivity (Wildman–Crippen MR) is 153 cm³/mol. The van der Waals surface area contributed by atoms with Crippen LogP contribution in [-0.2, 0) is 22.5 Å². The molecule has 2 saturated carbocycles. The molecule has 0 aromatic carbocycles. The maximum atomic E-state index is 13.9. The van der Waals surface area contributed by atoms with Gasteiger partial charge in [-0.1, -0.05) is 6.58 Å². The highest BCUT2D eigenvalue weighted by molar-refractivity contribution is 7.90. The molecule has 9 nitrogen and oxygen atoms in total. The van der Waals surface area contributed by atoms with E-state index >= 15 is 0 Å². The first kappa shape index (κ1) is 27.2. The summed E-state index contributed by atoms with van der Waals surface area (Å²) in [6.07, 6.45) is 9.23. The van der Waals surface area contributed by atoms with Crippen LogP contribution in [-0.4, -0.2) is 54.3 Å². The Labute approximate surface area is 232 Å². The van der Waals surface area contributed by atoms with Gasteiger partial charge in [0.25, 0.3) is 5.91 Å². The van der Waals surface area contributed by atoms with Crippen LogP contribution in [0, 0.1) is 12.8 Å². The first-order valence-corrected chi connectivity index (χ1v) is 14.9. The molecule has 2 fully saturated rings. The van der Waals surface area contributed by atoms with Gasteiger partial charge in [0.15, 0.2) is 11.7 Å². The van der Waals surface area contributed by atoms with E-state index in [2.05, 4.69) is 33.8 Å². The molecule has 2 aromatic heterocycles. The molecule has 10 heteroatoms. The van der Waals surface area contributed by atoms with Crippen LogP contribution >= 0.6 is 0 Å². The Bertz CT molecular complexity index is 1380. The number of carbonyl (C=O) groups is 1. The summed E-state index contributed by atoms with van der Waals surface area (Å²) in [6, 6.07) is 3.56. The standard InChI is InChI=1S/C29H35N7O2S/c1-16(2)25-28(34-18(4)24-17(3)32-15-33-26(24)22-10-11-22)36(19(5)21-8-9-21)29(37)27(35-25)31-14-20-7-12-23(30-13-20)39(6)38/h7,12-13,15,19,21-22H,4,8-11,14H2,1-3,5-6H3,(H,31,35)/b34-28+/t19-,39?/m0/s1. The van der Waals surface area contributed by atoms with Crippen molar-refractivity contribution >= 4 is 34.5 Å². The van der Waals surface area contributed by atoms with Gasteiger partial charge >= 0.3 is 0 Å². The number of nitrogens with zero attached hydrogens (tertiary/aromatic N) is 6. The fourth-order valence-electron chi connectivity index (χ4n) is 4.83. The molecule has 0 spiro atoms. The van der Waals surface area contributed by atoms with E-state index in [-0.39, 0.29) is 17.8 Å². The second kappa shape index (κ2) is 11.0. The van der Waals surface area contributed by atoms with Crippen molar-refractivity contribution in [1.82, 2.24) is 25.2 Å². The molecule has 5 rings (SSSR count). The number of nitrogens with one attached hydrogen (secondary N) is 1. The summed E-state index contributed by atoms with van der Waals surface area (Å²) in [4.78, 5) is 38.7. The molecule has 204 valence electrons. The number of amidine groups is 2. The Morgan fingerprint density at radius 2 is 1.97 bits per heavy atom. The van der Waals surface area contributed by atoms with Crippen LogP contribution in [0.3, 0.4) is 0 Å². The van der Waals surface area contributed by atoms with Gasteiger partial charge in [0.2, 0.25) is 5.03 Å². The summed E-state index contributed by atoms with van der Waals surface area (Å²) >= 11 is -1.15. The third-order valence-corrected chi connectivity index (χ3v) is 8.21. The van der Waals surface area contributed by atoms with E-state index in [0.29, 0.717) is 40.6 Å². The van der Waals surface area contributed by atoms with E-state index in [4.69, 9.17) is 9.98 Å². The number of hydrogen-bond acceptors (Lipinski definition) is 8. The normalized spacial score (nSPS) is 20.1. The topological polar surface area (TPSA) is 119 Å². The summed E-state index contributed by atoms with van der Waals surface area (Å²) in [7, 11) is 0. The number of rotatable bonds is 8. The van der Waals surface area contributed by atoms with Crippen molar-refractivity contribution in [3.05, 3.63) is 65.0 Å². The number of aromatic nitrogens is 3. The molecule has 1 N–H and O–H groups in total. The molecule has 0 saturated heterocycles. The van der Waals surface area contributed by atoms with Gasteiger partial charge in [-0.25, -0.2) is 24.9 Å². The quantitative estimate of drug-likeness (QED) is 0.495. The van der Waals surface area contributed by atoms with Crippen molar-refractivity contribution in [2.24, 2.45) is 15.9 Å². The Morgan fingerprint density at radius 3 is 2.56 bits per heavy atom. The molecule has 1 unspecified atom stereocenters. The molecule has 0 bridgehead atoms. The van der Waals surface area contributed by atoms with E-state index in [1.54, 1.807) is 29.7 Å². The van der Waals surface area contributed by atoms with Crippen LogP contribution in [0.25, 0.3) is 5.70 Å². The SMILES string of the molecule is C=C(/N=C1\C(=C(C)C)N=C(NCc2ccc([S+](C)[O-])nc2)C(=O)N1[C@@H](C)C1CC1)c1c(C)ncnc1C1CC1. The van der Waals surface area contributed by atoms with E-state index < -0.39 is 11.2 Å². The van der Waals surface area contributed by atoms with E-state index in [1.165, 1.54) is 0 Å². The average Bonchev–Trinajstić information content (AvgIpc) is 3.81. The molecule has 3 heterocycles. The van der Waals surface area contributed by atoms with Crippen LogP contribution < -0.4 is 5.32 Å². The van der Waals surface area contributed by atoms with Gasteiger partial charge in [-0.3, -0.25) is 9.69 Å². The van der Waals surface area contributed by atoms with Gasteiger partial charge in [-0.15, -0.1) is 0 Å². The fraction of sp³-hybridized carbons (Fsp3) is 0.448. The molecule has 1 amide bonds. The minimum Gasteiger partial charge on any atom is -0.610 e. The van der Waals surface area contributed by atoms with Gasteiger partial charge in [0, 0.05) is 47.5 Å². The Kier molecular flexibility index (Phi) is 7.68. The smallest absolute Gasteiger partial charge is 0.295 e. The Balaban J connectivity index is 1.50. The van der Waals surface area contributed by atoms with Gasteiger partial charge in [-0.2, -0.15) is 0 Å². The predicted octanol–water partition coefficient (Wildman–Crippen LogP) is 4.29. The summed E-state index contributed by atoms with van der Waals surface area (Å²) in [5.74, 6) is 1.40. The van der Waals surface area contributed by atoms with Crippen molar-refractivity contribution in [3.8, 4) is 0 Å². The minimum absolute atomic E-state index is 0.0396. The number of allylic oxidation sites excluding steroid dienone is 1. The van der Waals surface area contributed by atoms with Gasteiger partial charge in [0.05, 0.1) is 17.1 Å². The van der Waals surface area contributed by atoms with Crippen molar-refractivity contribution < 1.29 is 9.35 Å². The van der Waals surface area contributed by atoms with E-state index in [0.717, 1.165) is 53.8 Å². The van der Waals surface area contributed by atoms with Gasteiger partial charge in [-0.05, 0) is 76.5 Å². The number of amides is 1. The van der Waals surface area contributed by atoms with Crippen molar-refractivity contribution in [1.29, 1.82) is 0 Å². The lowest BCUT2D eigenvalue weighted by molar-refractivity contribution is -0.122. The third kappa shape index (κ3) is 5.81. The number of hydrogen-bond donors (Lipinski definition) is 1. The number of aryl methyl sites for hydroxylation is 1. The first-order chi connectivity index (χ1) is 18.7. The zero-order valence-electron chi connectivity index (χ0n) is 23.2. The van der Waals surface area contributed by atoms with Crippen molar-refractivity contribution in [2.45, 2.75) is 76.9 Å². The first-order valence-electron chi connectivity index (χ1n) is 13.4. The maximum Gasteiger partial charge on any atom is 0.295 e. The summed E-state index contributed by atoms with van der Waals surface area (Å²) in [5.41, 5.74) is 5.70. The Hall–Kier alpha value is -3.37. The van der Waals surface area contributed by atoms with E-state index in [1.807, 2.05) is 26.8 Å². The van der Waals surface area contributed by atoms with Crippen LogP contribution in [0.1, 0.15) is 74.9 Å². The zero-order chi connectivity index (χ0) is 27.8. The fourth-order valence-corrected chi connectivity index (χ4v) is 5.29. The average molecular weight is 546 g/mol. The number of aliphatic imine (C=N–C) groups is 2. The summed E-state index contributed by atoms with van der Waals surface area (Å²) in [6.45, 7) is 12.7. The van der Waals surface area contributed by atoms with Crippen LogP contribution in [0.4, 0.5) is 0 Å². The lowest BCUT2D eigenvalue weighted by atomic mass is 10.0. The number of pyridine rings is 1. The monoisotopic (exact) mass is 545 g/mol. The van der Waals surface area contributed by atoms with Crippen molar-refractivity contribution in [3.63, 3.8) is 0 Å². The highest BCUT2D eigenvalue weighted by Gasteiger charge is 2.42. The largest absolute Gasteiger partial charge is 0.610 e. The summed E-state index contributed by atoms with van der Waals surface area (Å²) < 4.78 is 11.7. The molecule has 1 aliphatic heterocycles. The zero-order valence-corrected chi connectivity index (χ0v) is 24.0. The molecule has 2 aliphatic carbocycles. The second-order valence-corrected chi connectivity index (χ2v) is 12.1. The molecule has 39 heavy (non-hydrogen) atoms. The molecule has 2 aromatic rings. The lowest BCUT2D eigenvalue weighted by Crippen LogP contribution is -2.54. The second-order valence-electron chi connectivity index (χ2n) is 10.8. The molecule has 2 atom stereocenters. The number of carbonyl (C=O) groups excluding carboxylic acids is 1. The molecular formula is C29H35N7O2S. The Morgan fingerprint density at radius 1 is 1.23 bits per heavy atom. The van der Waals surface area contributed by atoms with Crippen LogP contribution in [0.2, 0.25) is 0 Å². The molecular weight excluding hydrogens is 510 g/mol. The molecule has 3 aliphatic rings. The van der Waals surface area contributed by atoms with Crippen molar-refractivity contribution in [2.75, 3.05) is 6.26 Å². The maximum absolute atomic E-state index is 13.9. The minimum atomic E-state index is -1.15. The van der Waals surface area contributed by atoms with Gasteiger partial charge < -0.3 is 9.87 Å². The highest BCUT2D eigenvalue weighted by Crippen LogP contribution is 2.43. The van der Waals surface area contributed by atoms with Gasteiger partial charge in [0.1, 0.15) is 18.3 Å². The van der Waals surface area contributed by atoms with Crippen LogP contribution in [0.5, 0.6) is 0 Å². The third-order valence-electron chi connectivity index (χ3n) is 7.38. The molecule has 0 radical (unpaired) electrons. The summed E-state index contributed by atoms with van der Waals surface area (Å²) in [5, 5.41) is 3.74. The lowest BCUT2D eigenvalue weighted by Gasteiger charge is -2.35. The van der Waals surface area contributed by atoms with Crippen LogP contribution in [0.15, 0.2) is 57.5 Å². The highest BCUT2D eigenvalue weighted by atomic mass is 32.2.